The number of carbonyl (C=O) groups is 1. The van der Waals surface area contributed by atoms with Gasteiger partial charge in [0.05, 0.1) is 5.92 Å². The molecule has 0 aromatic rings. The summed E-state index contributed by atoms with van der Waals surface area (Å²) in [5.41, 5.74) is 4.99. The monoisotopic (exact) mass is 127 g/mol. The summed E-state index contributed by atoms with van der Waals surface area (Å²) in [6, 6.07) is 0. The van der Waals surface area contributed by atoms with Gasteiger partial charge in [0, 0.05) is 0 Å². The van der Waals surface area contributed by atoms with E-state index in [0.717, 1.165) is 6.42 Å². The van der Waals surface area contributed by atoms with Gasteiger partial charge in [-0.25, -0.2) is 0 Å². The molecule has 0 aromatic heterocycles. The Balaban J connectivity index is 3.62. The minimum Gasteiger partial charge on any atom is -0.369 e. The Morgan fingerprint density at radius 2 is 2.33 bits per heavy atom. The van der Waals surface area contributed by atoms with Gasteiger partial charge in [-0.1, -0.05) is 26.0 Å². The molecule has 0 bridgehead atoms. The molecule has 2 N–H and O–H groups in total. The predicted molar refractivity (Wildman–Crippen MR) is 37.8 cm³/mol. The number of rotatable bonds is 3. The maximum atomic E-state index is 10.4. The highest BCUT2D eigenvalue weighted by molar-refractivity contribution is 5.77. The second-order valence-corrected chi connectivity index (χ2v) is 2.03. The maximum absolute atomic E-state index is 10.4. The third-order valence-electron chi connectivity index (χ3n) is 1.11. The normalized spacial score (nSPS) is 14.0. The van der Waals surface area contributed by atoms with Crippen LogP contribution in [-0.4, -0.2) is 5.91 Å². The lowest BCUT2D eigenvalue weighted by Gasteiger charge is -1.96. The summed E-state index contributed by atoms with van der Waals surface area (Å²) in [6.45, 7) is 3.80. The fraction of sp³-hybridized carbons (Fsp3) is 0.571. The van der Waals surface area contributed by atoms with Crippen molar-refractivity contribution in [2.45, 2.75) is 20.3 Å². The van der Waals surface area contributed by atoms with Crippen molar-refractivity contribution in [3.05, 3.63) is 12.2 Å². The van der Waals surface area contributed by atoms with Gasteiger partial charge in [0.1, 0.15) is 0 Å². The number of amides is 1. The van der Waals surface area contributed by atoms with Crippen molar-refractivity contribution in [2.24, 2.45) is 11.7 Å². The SMILES string of the molecule is CCC=CC(C)C(N)=O. The first-order chi connectivity index (χ1) is 4.18. The highest BCUT2D eigenvalue weighted by atomic mass is 16.1. The van der Waals surface area contributed by atoms with E-state index in [4.69, 9.17) is 5.73 Å². The molecule has 0 spiro atoms. The van der Waals surface area contributed by atoms with Crippen LogP contribution in [0.4, 0.5) is 0 Å². The minimum atomic E-state index is -0.264. The van der Waals surface area contributed by atoms with Gasteiger partial charge in [-0.05, 0) is 6.42 Å². The Morgan fingerprint density at radius 3 is 2.67 bits per heavy atom. The van der Waals surface area contributed by atoms with Crippen molar-refractivity contribution in [3.8, 4) is 0 Å². The topological polar surface area (TPSA) is 43.1 Å². The number of allylic oxidation sites excluding steroid dienone is 1. The van der Waals surface area contributed by atoms with Gasteiger partial charge < -0.3 is 5.73 Å². The van der Waals surface area contributed by atoms with Crippen molar-refractivity contribution in [3.63, 3.8) is 0 Å². The average Bonchev–Trinajstić information content (AvgIpc) is 1.82. The zero-order chi connectivity index (χ0) is 7.28. The summed E-state index contributed by atoms with van der Waals surface area (Å²) < 4.78 is 0. The summed E-state index contributed by atoms with van der Waals surface area (Å²) in [7, 11) is 0. The largest absolute Gasteiger partial charge is 0.369 e. The number of nitrogens with two attached hydrogens (primary N) is 1. The summed E-state index contributed by atoms with van der Waals surface area (Å²) in [6.07, 6.45) is 4.72. The van der Waals surface area contributed by atoms with Gasteiger partial charge in [-0.2, -0.15) is 0 Å². The highest BCUT2D eigenvalue weighted by Crippen LogP contribution is 1.95. The fourth-order valence-electron chi connectivity index (χ4n) is 0.435. The van der Waals surface area contributed by atoms with Crippen molar-refractivity contribution in [2.75, 3.05) is 0 Å². The van der Waals surface area contributed by atoms with E-state index < -0.39 is 0 Å². The second kappa shape index (κ2) is 4.13. The van der Waals surface area contributed by atoms with Crippen LogP contribution in [0, 0.1) is 5.92 Å². The summed E-state index contributed by atoms with van der Waals surface area (Å²) in [4.78, 5) is 10.4. The number of carbonyl (C=O) groups excluding carboxylic acids is 1. The van der Waals surface area contributed by atoms with Crippen LogP contribution in [-0.2, 0) is 4.79 Å². The van der Waals surface area contributed by atoms with Crippen LogP contribution in [0.1, 0.15) is 20.3 Å². The van der Waals surface area contributed by atoms with Crippen molar-refractivity contribution < 1.29 is 4.79 Å². The van der Waals surface area contributed by atoms with Crippen LogP contribution in [0.2, 0.25) is 0 Å². The molecule has 2 heteroatoms. The number of hydrogen-bond acceptors (Lipinski definition) is 1. The van der Waals surface area contributed by atoms with E-state index in [1.165, 1.54) is 0 Å². The quantitative estimate of drug-likeness (QED) is 0.566. The molecule has 52 valence electrons. The molecule has 0 fully saturated rings. The van der Waals surface area contributed by atoms with Crippen molar-refractivity contribution in [1.82, 2.24) is 0 Å². The predicted octanol–water partition coefficient (Wildman–Crippen LogP) is 1.07. The zero-order valence-electron chi connectivity index (χ0n) is 5.92. The molecule has 1 atom stereocenters. The van der Waals surface area contributed by atoms with Crippen molar-refractivity contribution in [1.29, 1.82) is 0 Å². The van der Waals surface area contributed by atoms with E-state index in [9.17, 15) is 4.79 Å². The van der Waals surface area contributed by atoms with Gasteiger partial charge >= 0.3 is 0 Å². The lowest BCUT2D eigenvalue weighted by molar-refractivity contribution is -0.120. The molecule has 0 saturated heterocycles. The lowest BCUT2D eigenvalue weighted by atomic mass is 10.1. The Kier molecular flexibility index (Phi) is 3.76. The molecule has 0 saturated carbocycles. The molecule has 1 amide bonds. The van der Waals surface area contributed by atoms with E-state index in [1.807, 2.05) is 19.1 Å². The number of primary amides is 1. The molecular formula is C7H13NO. The van der Waals surface area contributed by atoms with E-state index in [1.54, 1.807) is 6.92 Å². The molecule has 1 unspecified atom stereocenters. The Bertz CT molecular complexity index is 118. The molecule has 9 heavy (non-hydrogen) atoms. The van der Waals surface area contributed by atoms with Gasteiger partial charge in [0.25, 0.3) is 0 Å². The Morgan fingerprint density at radius 1 is 1.78 bits per heavy atom. The molecule has 0 aliphatic carbocycles. The molecule has 0 aliphatic rings. The molecule has 0 aliphatic heterocycles. The minimum absolute atomic E-state index is 0.120. The van der Waals surface area contributed by atoms with E-state index >= 15 is 0 Å². The van der Waals surface area contributed by atoms with E-state index in [0.29, 0.717) is 0 Å². The summed E-state index contributed by atoms with van der Waals surface area (Å²) >= 11 is 0. The molecule has 0 aromatic carbocycles. The maximum Gasteiger partial charge on any atom is 0.224 e. The molecular weight excluding hydrogens is 114 g/mol. The molecule has 0 heterocycles. The molecule has 0 radical (unpaired) electrons. The third-order valence-corrected chi connectivity index (χ3v) is 1.11. The Hall–Kier alpha value is -0.790. The van der Waals surface area contributed by atoms with Crippen molar-refractivity contribution >= 4 is 5.91 Å². The van der Waals surface area contributed by atoms with Gasteiger partial charge in [-0.15, -0.1) is 0 Å². The van der Waals surface area contributed by atoms with Gasteiger partial charge in [0.15, 0.2) is 0 Å². The average molecular weight is 127 g/mol. The van der Waals surface area contributed by atoms with Crippen LogP contribution in [0.5, 0.6) is 0 Å². The van der Waals surface area contributed by atoms with E-state index in [-0.39, 0.29) is 11.8 Å². The Labute approximate surface area is 55.7 Å². The number of hydrogen-bond donors (Lipinski definition) is 1. The molecule has 2 nitrogen and oxygen atoms in total. The van der Waals surface area contributed by atoms with Crippen LogP contribution < -0.4 is 5.73 Å². The lowest BCUT2D eigenvalue weighted by Crippen LogP contribution is -2.18. The smallest absolute Gasteiger partial charge is 0.224 e. The van der Waals surface area contributed by atoms with E-state index in [2.05, 4.69) is 0 Å². The van der Waals surface area contributed by atoms with Gasteiger partial charge in [-0.3, -0.25) is 4.79 Å². The third kappa shape index (κ3) is 3.76. The second-order valence-electron chi connectivity index (χ2n) is 2.03. The van der Waals surface area contributed by atoms with Crippen LogP contribution >= 0.6 is 0 Å². The summed E-state index contributed by atoms with van der Waals surface area (Å²) in [5, 5.41) is 0. The van der Waals surface area contributed by atoms with Crippen LogP contribution in [0.25, 0.3) is 0 Å². The first kappa shape index (κ1) is 8.21. The first-order valence-electron chi connectivity index (χ1n) is 3.14. The first-order valence-corrected chi connectivity index (χ1v) is 3.14. The van der Waals surface area contributed by atoms with Crippen LogP contribution in [0.3, 0.4) is 0 Å². The standard InChI is InChI=1S/C7H13NO/c1-3-4-5-6(2)7(8)9/h4-6H,3H2,1-2H3,(H2,8,9). The highest BCUT2D eigenvalue weighted by Gasteiger charge is 2.00. The summed E-state index contributed by atoms with van der Waals surface area (Å²) in [5.74, 6) is -0.385. The molecule has 0 rings (SSSR count). The zero-order valence-corrected chi connectivity index (χ0v) is 5.92. The fourth-order valence-corrected chi connectivity index (χ4v) is 0.435. The van der Waals surface area contributed by atoms with Gasteiger partial charge in [0.2, 0.25) is 5.91 Å². The van der Waals surface area contributed by atoms with Crippen LogP contribution in [0.15, 0.2) is 12.2 Å².